The van der Waals surface area contributed by atoms with Crippen molar-refractivity contribution in [2.45, 2.75) is 64.7 Å². The molecule has 0 heterocycles. The molecule has 0 fully saturated rings. The number of unbranched alkanes of at least 4 members (excludes halogenated alkanes) is 2. The fraction of sp³-hybridized carbons (Fsp3) is 0.438. The Morgan fingerprint density at radius 3 is 2.47 bits per heavy atom. The maximum Gasteiger partial charge on any atom is 0.220 e. The van der Waals surface area contributed by atoms with Crippen LogP contribution in [0.25, 0.3) is 16.7 Å². The molecule has 6 heteroatoms. The van der Waals surface area contributed by atoms with Crippen LogP contribution in [0.3, 0.4) is 0 Å². The number of benzene rings is 2. The Balaban J connectivity index is 1.81. The normalized spacial score (nSPS) is 19.5. The lowest BCUT2D eigenvalue weighted by Gasteiger charge is -2.16. The lowest BCUT2D eigenvalue weighted by Crippen LogP contribution is -2.02. The molecule has 1 atom stereocenters. The van der Waals surface area contributed by atoms with Gasteiger partial charge in [0.25, 0.3) is 0 Å². The summed E-state index contributed by atoms with van der Waals surface area (Å²) >= 11 is 6.84. The summed E-state index contributed by atoms with van der Waals surface area (Å²) in [5, 5.41) is 9.33. The lowest BCUT2D eigenvalue weighted by atomic mass is 9.90. The average molecular weight is 541 g/mol. The van der Waals surface area contributed by atoms with E-state index in [1.807, 2.05) is 24.3 Å². The fourth-order valence-electron chi connectivity index (χ4n) is 4.74. The molecule has 0 spiro atoms. The Bertz CT molecular complexity index is 1050. The van der Waals surface area contributed by atoms with Crippen molar-refractivity contribution in [3.63, 3.8) is 0 Å². The molecule has 0 aromatic heterocycles. The Morgan fingerprint density at radius 2 is 1.74 bits per heavy atom. The van der Waals surface area contributed by atoms with Gasteiger partial charge in [-0.3, -0.25) is 0 Å². The van der Waals surface area contributed by atoms with Crippen LogP contribution in [0.15, 0.2) is 66.8 Å². The first-order valence-corrected chi connectivity index (χ1v) is 14.0. The monoisotopic (exact) mass is 540 g/mol. The summed E-state index contributed by atoms with van der Waals surface area (Å²) < 4.78 is 16.1. The van der Waals surface area contributed by atoms with Gasteiger partial charge in [0.05, 0.1) is 0 Å². The van der Waals surface area contributed by atoms with Gasteiger partial charge in [0.15, 0.2) is 6.79 Å². The van der Waals surface area contributed by atoms with Gasteiger partial charge in [-0.15, -0.1) is 0 Å². The molecule has 0 radical (unpaired) electrons. The Kier molecular flexibility index (Phi) is 13.5. The zero-order valence-corrected chi connectivity index (χ0v) is 23.4. The maximum absolute atomic E-state index is 8.66. The van der Waals surface area contributed by atoms with Crippen molar-refractivity contribution in [2.75, 3.05) is 20.7 Å². The summed E-state index contributed by atoms with van der Waals surface area (Å²) in [7, 11) is 1.56. The maximum atomic E-state index is 8.66. The van der Waals surface area contributed by atoms with Gasteiger partial charge in [0.1, 0.15) is 11.5 Å². The molecule has 38 heavy (non-hydrogen) atoms. The zero-order valence-electron chi connectivity index (χ0n) is 22.7. The molecule has 0 aliphatic heterocycles. The van der Waals surface area contributed by atoms with E-state index < -0.39 is 0 Å². The smallest absolute Gasteiger partial charge is 0.220 e. The predicted octanol–water partition coefficient (Wildman–Crippen LogP) is 9.47. The SMILES string of the molecule is CCCCCC1CC\C=C/C(c2ccc(-c3cc(OCOC)cc(OCOO)c3)cc2Cl)=C\C=C\CCC1. The number of methoxy groups -OCH3 is 1. The quantitative estimate of drug-likeness (QED) is 0.126. The van der Waals surface area contributed by atoms with E-state index in [0.717, 1.165) is 41.0 Å². The van der Waals surface area contributed by atoms with Crippen LogP contribution < -0.4 is 9.47 Å². The largest absolute Gasteiger partial charge is 0.467 e. The molecule has 5 nitrogen and oxygen atoms in total. The predicted molar refractivity (Wildman–Crippen MR) is 156 cm³/mol. The van der Waals surface area contributed by atoms with E-state index in [9.17, 15) is 0 Å². The molecule has 0 amide bonds. The molecule has 1 aliphatic rings. The van der Waals surface area contributed by atoms with E-state index in [2.05, 4.69) is 48.3 Å². The van der Waals surface area contributed by atoms with Crippen LogP contribution in [0, 0.1) is 5.92 Å². The standard InChI is InChI=1S/C32H41ClO5/c1-3-4-7-12-25-13-8-5-6-9-15-26(16-11-10-14-25)31-18-17-27(21-32(31)33)28-19-29(36-23-35-2)22-30(20-28)37-24-38-34/h6,9,11,15-22,25,34H,3-5,7-8,10,12-14,23-24H2,1-2H3/b9-6+,16-11-,26-15+. The molecular formula is C32H41ClO5. The van der Waals surface area contributed by atoms with Gasteiger partial charge >= 0.3 is 0 Å². The molecule has 0 saturated heterocycles. The van der Waals surface area contributed by atoms with Crippen LogP contribution in [0.5, 0.6) is 11.5 Å². The molecule has 1 unspecified atom stereocenters. The summed E-state index contributed by atoms with van der Waals surface area (Å²) in [4.78, 5) is 4.07. The molecule has 1 N–H and O–H groups in total. The highest BCUT2D eigenvalue weighted by Gasteiger charge is 2.11. The van der Waals surface area contributed by atoms with Crippen molar-refractivity contribution in [3.05, 3.63) is 77.4 Å². The minimum atomic E-state index is -0.291. The van der Waals surface area contributed by atoms with E-state index in [0.29, 0.717) is 16.5 Å². The van der Waals surface area contributed by atoms with Crippen LogP contribution in [-0.2, 0) is 9.62 Å². The number of ether oxygens (including phenoxy) is 3. The van der Waals surface area contributed by atoms with Crippen LogP contribution in [0.2, 0.25) is 5.02 Å². The van der Waals surface area contributed by atoms with Gasteiger partial charge in [-0.1, -0.05) is 93.1 Å². The van der Waals surface area contributed by atoms with E-state index in [4.69, 9.17) is 31.1 Å². The molecule has 206 valence electrons. The topological polar surface area (TPSA) is 57.2 Å². The second kappa shape index (κ2) is 17.1. The van der Waals surface area contributed by atoms with Gasteiger partial charge in [-0.25, -0.2) is 5.26 Å². The first kappa shape index (κ1) is 30.0. The van der Waals surface area contributed by atoms with Crippen LogP contribution >= 0.6 is 11.6 Å². The average Bonchev–Trinajstić information content (AvgIpc) is 2.92. The van der Waals surface area contributed by atoms with Gasteiger partial charge in [0.2, 0.25) is 6.79 Å². The van der Waals surface area contributed by atoms with Crippen LogP contribution in [0.4, 0.5) is 0 Å². The fourth-order valence-corrected chi connectivity index (χ4v) is 5.03. The van der Waals surface area contributed by atoms with Crippen molar-refractivity contribution >= 4 is 17.2 Å². The third kappa shape index (κ3) is 9.95. The van der Waals surface area contributed by atoms with Crippen LogP contribution in [-0.4, -0.2) is 26.0 Å². The van der Waals surface area contributed by atoms with Gasteiger partial charge in [-0.2, -0.15) is 4.89 Å². The van der Waals surface area contributed by atoms with Crippen molar-refractivity contribution in [1.29, 1.82) is 0 Å². The first-order chi connectivity index (χ1) is 18.6. The summed E-state index contributed by atoms with van der Waals surface area (Å²) in [5.74, 6) is 1.88. The first-order valence-electron chi connectivity index (χ1n) is 13.6. The Morgan fingerprint density at radius 1 is 0.921 bits per heavy atom. The third-order valence-corrected chi connectivity index (χ3v) is 7.08. The highest BCUT2D eigenvalue weighted by molar-refractivity contribution is 6.32. The molecule has 3 rings (SSSR count). The van der Waals surface area contributed by atoms with Gasteiger partial charge in [-0.05, 0) is 66.5 Å². The highest BCUT2D eigenvalue weighted by Crippen LogP contribution is 2.35. The van der Waals surface area contributed by atoms with E-state index in [-0.39, 0.29) is 13.6 Å². The molecular weight excluding hydrogens is 500 g/mol. The number of allylic oxidation sites excluding steroid dienone is 6. The van der Waals surface area contributed by atoms with Gasteiger partial charge in [0, 0.05) is 23.8 Å². The van der Waals surface area contributed by atoms with Crippen molar-refractivity contribution in [2.24, 2.45) is 5.92 Å². The van der Waals surface area contributed by atoms with E-state index in [1.54, 1.807) is 13.2 Å². The number of rotatable bonds is 12. The minimum absolute atomic E-state index is 0.104. The molecule has 2 aromatic rings. The number of halogens is 1. The zero-order chi connectivity index (χ0) is 27.0. The Hall–Kier alpha value is -2.57. The highest BCUT2D eigenvalue weighted by atomic mass is 35.5. The number of hydrogen-bond donors (Lipinski definition) is 1. The number of hydrogen-bond acceptors (Lipinski definition) is 5. The molecule has 1 aliphatic carbocycles. The second-order valence-corrected chi connectivity index (χ2v) is 10.1. The van der Waals surface area contributed by atoms with Crippen LogP contribution in [0.1, 0.15) is 70.3 Å². The Labute approximate surface area is 232 Å². The summed E-state index contributed by atoms with van der Waals surface area (Å²) in [6, 6.07) is 11.5. The van der Waals surface area contributed by atoms with E-state index in [1.165, 1.54) is 44.9 Å². The minimum Gasteiger partial charge on any atom is -0.467 e. The lowest BCUT2D eigenvalue weighted by molar-refractivity contribution is -0.278. The van der Waals surface area contributed by atoms with Crippen molar-refractivity contribution in [1.82, 2.24) is 0 Å². The van der Waals surface area contributed by atoms with Crippen molar-refractivity contribution < 1.29 is 24.4 Å². The molecule has 2 aromatic carbocycles. The molecule has 0 saturated carbocycles. The van der Waals surface area contributed by atoms with E-state index >= 15 is 0 Å². The van der Waals surface area contributed by atoms with Crippen molar-refractivity contribution in [3.8, 4) is 22.6 Å². The third-order valence-electron chi connectivity index (χ3n) is 6.77. The summed E-state index contributed by atoms with van der Waals surface area (Å²) in [5.41, 5.74) is 3.86. The summed E-state index contributed by atoms with van der Waals surface area (Å²) in [6.07, 6.45) is 22.4. The second-order valence-electron chi connectivity index (χ2n) is 9.65. The van der Waals surface area contributed by atoms with Gasteiger partial charge < -0.3 is 14.2 Å². The molecule has 0 bridgehead atoms. The summed E-state index contributed by atoms with van der Waals surface area (Å²) in [6.45, 7) is 2.09.